The minimum absolute atomic E-state index is 0.0538. The monoisotopic (exact) mass is 441 g/mol. The summed E-state index contributed by atoms with van der Waals surface area (Å²) in [6.07, 6.45) is 1.97. The van der Waals surface area contributed by atoms with Gasteiger partial charge in [-0.25, -0.2) is 0 Å². The van der Waals surface area contributed by atoms with Crippen LogP contribution in [0.1, 0.15) is 16.8 Å². The molecule has 3 N–H and O–H groups in total. The molecule has 1 aliphatic heterocycles. The molecule has 0 fully saturated rings. The summed E-state index contributed by atoms with van der Waals surface area (Å²) in [5.74, 6) is -0.0538. The Kier molecular flexibility index (Phi) is 3.35. The van der Waals surface area contributed by atoms with Gasteiger partial charge in [0.2, 0.25) is 5.91 Å². The van der Waals surface area contributed by atoms with Gasteiger partial charge < -0.3 is 15.3 Å². The molecule has 3 heterocycles. The summed E-state index contributed by atoms with van der Waals surface area (Å²) in [5, 5.41) is 5.24. The topological polar surface area (TPSA) is 60.7 Å². The van der Waals surface area contributed by atoms with Gasteiger partial charge in [-0.1, -0.05) is 58.4 Å². The van der Waals surface area contributed by atoms with E-state index in [1.165, 1.54) is 0 Å². The highest BCUT2D eigenvalue weighted by Crippen LogP contribution is 2.50. The van der Waals surface area contributed by atoms with Crippen molar-refractivity contribution in [2.24, 2.45) is 0 Å². The summed E-state index contributed by atoms with van der Waals surface area (Å²) in [4.78, 5) is 20.6. The number of halogens is 1. The van der Waals surface area contributed by atoms with Crippen LogP contribution in [-0.4, -0.2) is 15.9 Å². The highest BCUT2D eigenvalue weighted by molar-refractivity contribution is 9.10. The maximum absolute atomic E-state index is 13.7. The van der Waals surface area contributed by atoms with Crippen LogP contribution >= 0.6 is 15.9 Å². The molecule has 4 nitrogen and oxygen atoms in total. The number of benzene rings is 3. The molecule has 5 aromatic rings. The summed E-state index contributed by atoms with van der Waals surface area (Å²) in [7, 11) is 0. The van der Waals surface area contributed by atoms with Gasteiger partial charge in [0.25, 0.3) is 0 Å². The number of fused-ring (bicyclic) bond motifs is 3. The average molecular weight is 442 g/mol. The van der Waals surface area contributed by atoms with Crippen molar-refractivity contribution in [3.63, 3.8) is 0 Å². The smallest absolute Gasteiger partial charge is 0.245 e. The van der Waals surface area contributed by atoms with Gasteiger partial charge in [-0.05, 0) is 35.7 Å². The molecule has 1 atom stereocenters. The molecule has 0 radical (unpaired) electrons. The van der Waals surface area contributed by atoms with Crippen LogP contribution in [0.25, 0.3) is 21.8 Å². The molecule has 5 heteroatoms. The first-order valence-electron chi connectivity index (χ1n) is 9.44. The van der Waals surface area contributed by atoms with E-state index in [0.717, 1.165) is 48.8 Å². The molecular formula is C24H16BrN3O. The van der Waals surface area contributed by atoms with E-state index in [1.807, 2.05) is 60.8 Å². The van der Waals surface area contributed by atoms with Crippen molar-refractivity contribution >= 4 is 49.3 Å². The van der Waals surface area contributed by atoms with Crippen molar-refractivity contribution in [2.75, 3.05) is 5.32 Å². The second-order valence-corrected chi connectivity index (χ2v) is 8.33. The predicted molar refractivity (Wildman–Crippen MR) is 119 cm³/mol. The molecule has 0 bridgehead atoms. The van der Waals surface area contributed by atoms with Gasteiger partial charge in [0.1, 0.15) is 5.41 Å². The maximum Gasteiger partial charge on any atom is 0.245 e. The maximum atomic E-state index is 13.7. The van der Waals surface area contributed by atoms with E-state index in [0.29, 0.717) is 0 Å². The molecule has 6 rings (SSSR count). The Hall–Kier alpha value is -3.31. The highest BCUT2D eigenvalue weighted by Gasteiger charge is 2.52. The minimum atomic E-state index is -0.964. The lowest BCUT2D eigenvalue weighted by atomic mass is 9.72. The van der Waals surface area contributed by atoms with E-state index in [-0.39, 0.29) is 5.91 Å². The zero-order valence-corrected chi connectivity index (χ0v) is 16.9. The van der Waals surface area contributed by atoms with Crippen molar-refractivity contribution in [1.82, 2.24) is 9.97 Å². The quantitative estimate of drug-likeness (QED) is 0.323. The molecule has 0 aliphatic carbocycles. The third-order valence-corrected chi connectivity index (χ3v) is 6.39. The van der Waals surface area contributed by atoms with Crippen LogP contribution < -0.4 is 5.32 Å². The average Bonchev–Trinajstić information content (AvgIpc) is 3.41. The van der Waals surface area contributed by atoms with Crippen LogP contribution in [0.5, 0.6) is 0 Å². The fourth-order valence-electron chi connectivity index (χ4n) is 4.62. The van der Waals surface area contributed by atoms with Crippen LogP contribution in [0.3, 0.4) is 0 Å². The first kappa shape index (κ1) is 16.6. The Morgan fingerprint density at radius 1 is 0.828 bits per heavy atom. The lowest BCUT2D eigenvalue weighted by Gasteiger charge is -2.26. The third-order valence-electron chi connectivity index (χ3n) is 5.90. The number of carbonyl (C=O) groups is 1. The lowest BCUT2D eigenvalue weighted by Crippen LogP contribution is -2.37. The van der Waals surface area contributed by atoms with E-state index in [4.69, 9.17) is 0 Å². The molecule has 29 heavy (non-hydrogen) atoms. The number of aromatic nitrogens is 2. The fourth-order valence-corrected chi connectivity index (χ4v) is 4.98. The van der Waals surface area contributed by atoms with Gasteiger partial charge in [-0.15, -0.1) is 0 Å². The van der Waals surface area contributed by atoms with Gasteiger partial charge in [0, 0.05) is 49.6 Å². The summed E-state index contributed by atoms with van der Waals surface area (Å²) >= 11 is 3.53. The van der Waals surface area contributed by atoms with Gasteiger partial charge >= 0.3 is 0 Å². The molecule has 1 aliphatic rings. The van der Waals surface area contributed by atoms with Crippen molar-refractivity contribution < 1.29 is 4.79 Å². The Morgan fingerprint density at radius 3 is 2.48 bits per heavy atom. The Balaban J connectivity index is 1.76. The molecule has 2 aromatic heterocycles. The van der Waals surface area contributed by atoms with Crippen molar-refractivity contribution in [3.05, 3.63) is 100 Å². The van der Waals surface area contributed by atoms with Crippen LogP contribution in [-0.2, 0) is 10.2 Å². The molecule has 1 amide bonds. The van der Waals surface area contributed by atoms with E-state index in [9.17, 15) is 4.79 Å². The van der Waals surface area contributed by atoms with Crippen LogP contribution in [0.2, 0.25) is 0 Å². The Bertz CT molecular complexity index is 1400. The third kappa shape index (κ3) is 2.16. The standard InChI is InChI=1S/C24H16BrN3O/c25-15-9-10-17-21(12-15)28-23(29)24(17,18-13-26-20-8-4-2-6-16(18)20)22-11-14-5-1-3-7-19(14)27-22/h1-13,26-27H,(H,28,29)/t24-/m0/s1. The Morgan fingerprint density at radius 2 is 1.62 bits per heavy atom. The number of hydrogen-bond acceptors (Lipinski definition) is 1. The molecule has 0 spiro atoms. The zero-order valence-electron chi connectivity index (χ0n) is 15.3. The number of hydrogen-bond donors (Lipinski definition) is 3. The second-order valence-electron chi connectivity index (χ2n) is 7.41. The largest absolute Gasteiger partial charge is 0.361 e. The normalized spacial score (nSPS) is 18.3. The van der Waals surface area contributed by atoms with E-state index in [2.05, 4.69) is 49.4 Å². The number of anilines is 1. The molecule has 3 aromatic carbocycles. The molecule has 0 unspecified atom stereocenters. The molecule has 0 saturated heterocycles. The first-order chi connectivity index (χ1) is 14.2. The number of nitrogens with one attached hydrogen (secondary N) is 3. The molecular weight excluding hydrogens is 426 g/mol. The molecule has 140 valence electrons. The van der Waals surface area contributed by atoms with Gasteiger partial charge in [-0.3, -0.25) is 4.79 Å². The van der Waals surface area contributed by atoms with E-state index >= 15 is 0 Å². The van der Waals surface area contributed by atoms with Crippen molar-refractivity contribution in [2.45, 2.75) is 5.41 Å². The predicted octanol–water partition coefficient (Wildman–Crippen LogP) is 5.70. The first-order valence-corrected chi connectivity index (χ1v) is 10.2. The zero-order chi connectivity index (χ0) is 19.6. The number of rotatable bonds is 2. The fraction of sp³-hybridized carbons (Fsp3) is 0.0417. The number of amides is 1. The highest BCUT2D eigenvalue weighted by atomic mass is 79.9. The summed E-state index contributed by atoms with van der Waals surface area (Å²) in [6.45, 7) is 0. The van der Waals surface area contributed by atoms with Crippen LogP contribution in [0.4, 0.5) is 5.69 Å². The van der Waals surface area contributed by atoms with Crippen molar-refractivity contribution in [1.29, 1.82) is 0 Å². The number of para-hydroxylation sites is 2. The molecule has 0 saturated carbocycles. The van der Waals surface area contributed by atoms with Gasteiger partial charge in [0.05, 0.1) is 0 Å². The second kappa shape index (κ2) is 5.84. The van der Waals surface area contributed by atoms with Crippen molar-refractivity contribution in [3.8, 4) is 0 Å². The van der Waals surface area contributed by atoms with Gasteiger partial charge in [-0.2, -0.15) is 0 Å². The summed E-state index contributed by atoms with van der Waals surface area (Å²) < 4.78 is 0.933. The minimum Gasteiger partial charge on any atom is -0.361 e. The van der Waals surface area contributed by atoms with E-state index in [1.54, 1.807) is 0 Å². The SMILES string of the molecule is O=C1Nc2cc(Br)ccc2[C@@]1(c1cc2ccccc2[nH]1)c1c[nH]c2ccccc12. The number of aromatic amines is 2. The van der Waals surface area contributed by atoms with E-state index < -0.39 is 5.41 Å². The Labute approximate surface area is 175 Å². The van der Waals surface area contributed by atoms with Crippen LogP contribution in [0, 0.1) is 0 Å². The number of H-pyrrole nitrogens is 2. The lowest BCUT2D eigenvalue weighted by molar-refractivity contribution is -0.118. The van der Waals surface area contributed by atoms with Crippen LogP contribution in [0.15, 0.2) is 83.5 Å². The summed E-state index contributed by atoms with van der Waals surface area (Å²) in [6, 6.07) is 24.3. The number of carbonyl (C=O) groups excluding carboxylic acids is 1. The van der Waals surface area contributed by atoms with Gasteiger partial charge in [0.15, 0.2) is 0 Å². The summed E-state index contributed by atoms with van der Waals surface area (Å²) in [5.41, 5.74) is 4.64.